The Hall–Kier alpha value is -12.8. The molecule has 3 aliphatic heterocycles. The van der Waals surface area contributed by atoms with Crippen molar-refractivity contribution in [3.05, 3.63) is 291 Å². The van der Waals surface area contributed by atoms with Gasteiger partial charge in [0, 0.05) is 68.8 Å². The highest BCUT2D eigenvalue weighted by Crippen LogP contribution is 2.48. The van der Waals surface area contributed by atoms with E-state index in [1.807, 2.05) is 60.7 Å². The van der Waals surface area contributed by atoms with E-state index in [0.29, 0.717) is 84.0 Å². The minimum absolute atomic E-state index is 0.0155. The third-order valence-corrected chi connectivity index (χ3v) is 17.5. The van der Waals surface area contributed by atoms with Gasteiger partial charge in [0.25, 0.3) is 17.7 Å². The van der Waals surface area contributed by atoms with Crippen LogP contribution in [-0.4, -0.2) is 116 Å². The summed E-state index contributed by atoms with van der Waals surface area (Å²) in [7, 11) is 0. The van der Waals surface area contributed by atoms with Gasteiger partial charge >= 0.3 is 24.5 Å². The van der Waals surface area contributed by atoms with E-state index in [1.54, 1.807) is 133 Å². The minimum atomic E-state index is -4.66. The molecule has 0 fully saturated rings. The Labute approximate surface area is 585 Å². The zero-order chi connectivity index (χ0) is 72.5. The number of nitrogens with one attached hydrogen (secondary N) is 6. The lowest BCUT2D eigenvalue weighted by atomic mass is 9.93. The van der Waals surface area contributed by atoms with Crippen LogP contribution in [0, 0.1) is 5.82 Å². The van der Waals surface area contributed by atoms with Crippen molar-refractivity contribution in [2.75, 3.05) is 34.1 Å². The van der Waals surface area contributed by atoms with Crippen LogP contribution in [0.1, 0.15) is 82.0 Å². The number of rotatable bonds is 15. The number of alkyl halides is 3. The lowest BCUT2D eigenvalue weighted by Crippen LogP contribution is -2.45. The van der Waals surface area contributed by atoms with Crippen molar-refractivity contribution in [2.45, 2.75) is 42.9 Å². The number of aromatic amines is 3. The van der Waals surface area contributed by atoms with Crippen molar-refractivity contribution >= 4 is 104 Å². The van der Waals surface area contributed by atoms with E-state index in [4.69, 9.17) is 21.4 Å². The molecule has 0 saturated carbocycles. The Morgan fingerprint density at radius 1 is 0.524 bits per heavy atom. The van der Waals surface area contributed by atoms with Gasteiger partial charge in [0.05, 0.1) is 44.7 Å². The van der Waals surface area contributed by atoms with Crippen molar-refractivity contribution in [3.8, 4) is 0 Å². The number of aromatic nitrogens is 6. The fraction of sp³-hybridized carbons (Fsp3) is 0.122. The normalized spacial score (nSPS) is 17.2. The average Bonchev–Trinajstić information content (AvgIpc) is 1.56. The number of hydrogen-bond donors (Lipinski definition) is 10. The molecule has 0 spiro atoms. The van der Waals surface area contributed by atoms with Gasteiger partial charge in [0.2, 0.25) is 17.8 Å². The van der Waals surface area contributed by atoms with Crippen LogP contribution in [0.25, 0.3) is 33.1 Å². The number of carbonyl (C=O) groups is 6. The molecule has 9 aromatic carbocycles. The molecule has 6 heterocycles. The van der Waals surface area contributed by atoms with Gasteiger partial charge in [-0.05, 0) is 90.3 Å². The monoisotopic (exact) mass is 1420 g/mol. The van der Waals surface area contributed by atoms with Crippen molar-refractivity contribution < 1.29 is 76.2 Å². The zero-order valence-electron chi connectivity index (χ0n) is 53.6. The smallest absolute Gasteiger partial charge is 0.422 e. The third kappa shape index (κ3) is 13.4. The molecule has 6 amide bonds. The quantitative estimate of drug-likeness (QED) is 0.0259. The zero-order valence-corrected chi connectivity index (χ0v) is 54.3. The molecule has 3 aliphatic rings. The number of carbonyl (C=O) groups excluding carboxylic acids is 5. The summed E-state index contributed by atoms with van der Waals surface area (Å²) in [4.78, 5) is 99.9. The Morgan fingerprint density at radius 3 is 1.35 bits per heavy atom. The van der Waals surface area contributed by atoms with Gasteiger partial charge in [0.1, 0.15) is 5.82 Å². The number of H-pyrrole nitrogens is 3. The summed E-state index contributed by atoms with van der Waals surface area (Å²) in [5.41, 5.74) is 2.83. The SMILES string of the molecule is C=CCCOC(=O)Nc1nc2cc(C3(O)c4ccccc4C(=O)N3Cc3ccccc3)ccc2[nH]1.O=C(Nc1nc2cc(C3(O)c4ccccc4C(=O)N3Cc3ccccc3)ccc2[nH]1)OCC(F)(F)F.O=C(O)Nc1nc2cc(C3(O)c4ccccc4C(=O)N3c3ccc(F)c(Cl)c3)ccc2[nH]1. The second-order valence-corrected chi connectivity index (χ2v) is 24.1. The Morgan fingerprint density at radius 2 is 0.922 bits per heavy atom. The number of imidazole rings is 3. The minimum Gasteiger partial charge on any atom is -0.465 e. The fourth-order valence-corrected chi connectivity index (χ4v) is 12.7. The number of hydrogen-bond acceptors (Lipinski definition) is 14. The van der Waals surface area contributed by atoms with E-state index in [0.717, 1.165) is 22.1 Å². The largest absolute Gasteiger partial charge is 0.465 e. The van der Waals surface area contributed by atoms with Crippen LogP contribution in [-0.2, 0) is 39.7 Å². The van der Waals surface area contributed by atoms with E-state index >= 15 is 0 Å². The van der Waals surface area contributed by atoms with E-state index in [2.05, 4.69) is 57.2 Å². The maximum atomic E-state index is 13.8. The fourth-order valence-electron chi connectivity index (χ4n) is 12.5. The molecule has 3 atom stereocenters. The van der Waals surface area contributed by atoms with Crippen molar-refractivity contribution in [3.63, 3.8) is 0 Å². The molecule has 3 unspecified atom stereocenters. The second-order valence-electron chi connectivity index (χ2n) is 23.7. The molecule has 24 nitrogen and oxygen atoms in total. The predicted molar refractivity (Wildman–Crippen MR) is 370 cm³/mol. The first-order valence-electron chi connectivity index (χ1n) is 31.5. The highest BCUT2D eigenvalue weighted by Gasteiger charge is 2.53. The Kier molecular flexibility index (Phi) is 18.5. The third-order valence-electron chi connectivity index (χ3n) is 17.2. The van der Waals surface area contributed by atoms with Gasteiger partial charge in [-0.3, -0.25) is 45.0 Å². The van der Waals surface area contributed by atoms with Crippen molar-refractivity contribution in [1.29, 1.82) is 0 Å². The number of carboxylic acid groups (broad SMARTS) is 1. The van der Waals surface area contributed by atoms with Crippen LogP contribution >= 0.6 is 11.6 Å². The first kappa shape index (κ1) is 68.8. The molecule has 103 heavy (non-hydrogen) atoms. The molecule has 29 heteroatoms. The van der Waals surface area contributed by atoms with Gasteiger partial charge in [-0.15, -0.1) is 6.58 Å². The number of amides is 6. The van der Waals surface area contributed by atoms with Crippen LogP contribution in [0.15, 0.2) is 219 Å². The number of anilines is 4. The molecule has 0 radical (unpaired) electrons. The van der Waals surface area contributed by atoms with Crippen molar-refractivity contribution in [1.82, 2.24) is 39.7 Å². The number of aliphatic hydroxyl groups is 3. The Bertz CT molecular complexity index is 5330. The summed E-state index contributed by atoms with van der Waals surface area (Å²) in [5, 5.41) is 51.7. The number of benzene rings is 9. The molecule has 0 aliphatic carbocycles. The molecule has 3 aromatic heterocycles. The highest BCUT2D eigenvalue weighted by molar-refractivity contribution is 6.31. The second kappa shape index (κ2) is 27.7. The molecule has 520 valence electrons. The Balaban J connectivity index is 0.000000138. The van der Waals surface area contributed by atoms with Gasteiger partial charge in [-0.1, -0.05) is 151 Å². The van der Waals surface area contributed by atoms with Crippen LogP contribution < -0.4 is 20.9 Å². The molecule has 15 rings (SSSR count). The number of ether oxygens (including phenoxy) is 2. The topological polar surface area (TPSA) is 334 Å². The molecule has 0 saturated heterocycles. The summed E-state index contributed by atoms with van der Waals surface area (Å²) in [5.74, 6) is -1.63. The van der Waals surface area contributed by atoms with Gasteiger partial charge < -0.3 is 44.9 Å². The maximum Gasteiger partial charge on any atom is 0.422 e. The summed E-state index contributed by atoms with van der Waals surface area (Å²) in [6.45, 7) is 2.44. The van der Waals surface area contributed by atoms with E-state index in [1.165, 1.54) is 21.9 Å². The molecule has 12 aromatic rings. The average molecular weight is 1420 g/mol. The summed E-state index contributed by atoms with van der Waals surface area (Å²) >= 11 is 5.95. The number of nitrogens with zero attached hydrogens (tertiary/aromatic N) is 6. The molecular weight excluding hydrogens is 1360 g/mol. The van der Waals surface area contributed by atoms with Crippen molar-refractivity contribution in [2.24, 2.45) is 0 Å². The van der Waals surface area contributed by atoms with Crippen LogP contribution in [0.2, 0.25) is 5.02 Å². The maximum absolute atomic E-state index is 13.8. The van der Waals surface area contributed by atoms with Crippen LogP contribution in [0.3, 0.4) is 0 Å². The first-order chi connectivity index (χ1) is 49.4. The molecule has 0 bridgehead atoms. The summed E-state index contributed by atoms with van der Waals surface area (Å²) in [6.07, 6.45) is -5.68. The first-order valence-corrected chi connectivity index (χ1v) is 31.8. The van der Waals surface area contributed by atoms with E-state index in [-0.39, 0.29) is 65.6 Å². The van der Waals surface area contributed by atoms with E-state index in [9.17, 15) is 61.6 Å². The van der Waals surface area contributed by atoms with Gasteiger partial charge in [-0.2, -0.15) is 13.2 Å². The predicted octanol–water partition coefficient (Wildman–Crippen LogP) is 13.4. The van der Waals surface area contributed by atoms with Gasteiger partial charge in [0.15, 0.2) is 23.8 Å². The standard InChI is InChI=1S/C27H24N4O4.C25H19F3N4O4.C22H14ClFN4O4/c1-2-3-15-35-26(33)30-25-28-22-14-13-19(16-23(22)29-25)27(34)21-12-8-7-11-20(21)24(32)31(27)17-18-9-5-4-6-10-18;26-24(27,28)14-36-23(34)31-22-29-19-11-10-16(12-20(19)30-22)25(35)18-9-5-4-8-17(18)21(33)32(25)13-15-6-2-1-3-7-15;23-15-10-12(6-7-16(15)24)28-19(29)13-3-1-2-4-14(13)22(28,32)11-5-8-17-18(9-11)26-20(25-17)27-21(30)31/h2,4-14,16,34H,1,3,15,17H2,(H2,28,29,30,33);1-12,35H,13-14H2,(H2,29,30,31,34);1-10,32H,(H,30,31)(H2,25,26,27). The lowest BCUT2D eigenvalue weighted by Gasteiger charge is -2.35. The summed E-state index contributed by atoms with van der Waals surface area (Å²) in [6, 6.07) is 57.7. The van der Waals surface area contributed by atoms with Gasteiger partial charge in [-0.25, -0.2) is 33.7 Å². The summed E-state index contributed by atoms with van der Waals surface area (Å²) < 4.78 is 59.8. The van der Waals surface area contributed by atoms with Crippen LogP contribution in [0.5, 0.6) is 0 Å². The number of halogens is 5. The molecular formula is C74H57ClF4N12O12. The molecule has 10 N–H and O–H groups in total. The number of fused-ring (bicyclic) bond motifs is 6. The lowest BCUT2D eigenvalue weighted by molar-refractivity contribution is -0.159. The van der Waals surface area contributed by atoms with Crippen LogP contribution in [0.4, 0.5) is 55.5 Å². The van der Waals surface area contributed by atoms with E-state index < -0.39 is 60.0 Å². The highest BCUT2D eigenvalue weighted by atomic mass is 35.5.